The molecule has 1 heterocycles. The van der Waals surface area contributed by atoms with E-state index in [2.05, 4.69) is 9.97 Å². The Hall–Kier alpha value is -1.25. The minimum absolute atomic E-state index is 0.220. The highest BCUT2D eigenvalue weighted by Gasteiger charge is 2.23. The molecule has 0 radical (unpaired) electrons. The fraction of sp³-hybridized carbons (Fsp3) is 0.500. The highest BCUT2D eigenvalue weighted by Crippen LogP contribution is 2.27. The second-order valence-corrected chi connectivity index (χ2v) is 3.47. The van der Waals surface area contributed by atoms with Crippen LogP contribution in [0, 0.1) is 5.92 Å². The molecular weight excluding hydrogens is 164 g/mol. The number of carbonyl (C=O) groups is 1. The molecule has 3 nitrogen and oxygen atoms in total. The molecule has 2 rings (SSSR count). The lowest BCUT2D eigenvalue weighted by Crippen LogP contribution is -2.11. The van der Waals surface area contributed by atoms with Crippen LogP contribution in [-0.4, -0.2) is 15.8 Å². The van der Waals surface area contributed by atoms with Gasteiger partial charge in [0, 0.05) is 18.3 Å². The summed E-state index contributed by atoms with van der Waals surface area (Å²) in [5, 5.41) is 0. The Morgan fingerprint density at radius 1 is 1.23 bits per heavy atom. The van der Waals surface area contributed by atoms with E-state index >= 15 is 0 Å². The molecule has 1 aliphatic rings. The van der Waals surface area contributed by atoms with Gasteiger partial charge in [0.25, 0.3) is 0 Å². The van der Waals surface area contributed by atoms with E-state index in [0.29, 0.717) is 5.56 Å². The molecule has 0 atom stereocenters. The van der Waals surface area contributed by atoms with Crippen molar-refractivity contribution in [3.05, 3.63) is 24.3 Å². The van der Waals surface area contributed by atoms with Crippen LogP contribution in [0.15, 0.2) is 18.7 Å². The molecule has 0 spiro atoms. The first-order valence-corrected chi connectivity index (χ1v) is 4.67. The summed E-state index contributed by atoms with van der Waals surface area (Å²) in [6.07, 6.45) is 9.10. The molecule has 13 heavy (non-hydrogen) atoms. The molecule has 0 N–H and O–H groups in total. The van der Waals surface area contributed by atoms with Gasteiger partial charge >= 0.3 is 0 Å². The number of Topliss-reactive ketones (excluding diaryl/α,β-unsaturated/α-hetero) is 1. The normalized spacial score (nSPS) is 17.5. The van der Waals surface area contributed by atoms with Crippen molar-refractivity contribution < 1.29 is 4.79 Å². The van der Waals surface area contributed by atoms with Crippen LogP contribution < -0.4 is 0 Å². The predicted molar refractivity (Wildman–Crippen MR) is 48.3 cm³/mol. The maximum Gasteiger partial charge on any atom is 0.169 e. The first-order valence-electron chi connectivity index (χ1n) is 4.67. The van der Waals surface area contributed by atoms with Gasteiger partial charge in [-0.15, -0.1) is 0 Å². The molecule has 1 aromatic heterocycles. The largest absolute Gasteiger partial charge is 0.294 e. The molecule has 1 aromatic rings. The lowest BCUT2D eigenvalue weighted by atomic mass is 9.98. The van der Waals surface area contributed by atoms with Crippen molar-refractivity contribution in [3.8, 4) is 0 Å². The Labute approximate surface area is 77.2 Å². The van der Waals surface area contributed by atoms with Crippen molar-refractivity contribution in [1.29, 1.82) is 0 Å². The van der Waals surface area contributed by atoms with Crippen molar-refractivity contribution in [2.75, 3.05) is 0 Å². The van der Waals surface area contributed by atoms with Crippen molar-refractivity contribution in [2.24, 2.45) is 5.92 Å². The lowest BCUT2D eigenvalue weighted by molar-refractivity contribution is 0.0922. The summed E-state index contributed by atoms with van der Waals surface area (Å²) in [6.45, 7) is 0. The summed E-state index contributed by atoms with van der Waals surface area (Å²) in [7, 11) is 0. The fourth-order valence-corrected chi connectivity index (χ4v) is 1.85. The molecule has 1 fully saturated rings. The molecule has 0 unspecified atom stereocenters. The van der Waals surface area contributed by atoms with Gasteiger partial charge in [0.2, 0.25) is 0 Å². The Kier molecular flexibility index (Phi) is 2.34. The average molecular weight is 176 g/mol. The highest BCUT2D eigenvalue weighted by molar-refractivity contribution is 5.97. The van der Waals surface area contributed by atoms with Crippen LogP contribution in [0.5, 0.6) is 0 Å². The van der Waals surface area contributed by atoms with Crippen LogP contribution in [0.2, 0.25) is 0 Å². The molecule has 0 saturated heterocycles. The zero-order valence-electron chi connectivity index (χ0n) is 7.44. The minimum Gasteiger partial charge on any atom is -0.294 e. The van der Waals surface area contributed by atoms with Crippen molar-refractivity contribution in [3.63, 3.8) is 0 Å². The lowest BCUT2D eigenvalue weighted by Gasteiger charge is -2.05. The molecular formula is C10H12N2O. The minimum atomic E-state index is 0.220. The molecule has 3 heteroatoms. The third-order valence-electron chi connectivity index (χ3n) is 2.57. The molecule has 68 valence electrons. The molecule has 1 aliphatic carbocycles. The van der Waals surface area contributed by atoms with E-state index in [0.717, 1.165) is 12.8 Å². The summed E-state index contributed by atoms with van der Waals surface area (Å²) in [4.78, 5) is 19.5. The van der Waals surface area contributed by atoms with Gasteiger partial charge in [-0.25, -0.2) is 9.97 Å². The number of carbonyl (C=O) groups excluding carboxylic acids is 1. The smallest absolute Gasteiger partial charge is 0.169 e. The van der Waals surface area contributed by atoms with Gasteiger partial charge in [0.15, 0.2) is 5.78 Å². The van der Waals surface area contributed by atoms with Crippen molar-refractivity contribution >= 4 is 5.78 Å². The molecule has 0 amide bonds. The van der Waals surface area contributed by atoms with Crippen LogP contribution in [0.1, 0.15) is 36.0 Å². The van der Waals surface area contributed by atoms with Gasteiger partial charge in [0.05, 0.1) is 5.56 Å². The SMILES string of the molecule is O=C(c1cncnc1)C1CCCC1. The zero-order chi connectivity index (χ0) is 9.10. The van der Waals surface area contributed by atoms with Crippen LogP contribution in [0.25, 0.3) is 0 Å². The van der Waals surface area contributed by atoms with E-state index in [1.807, 2.05) is 0 Å². The summed E-state index contributed by atoms with van der Waals surface area (Å²) in [5.41, 5.74) is 0.661. The molecule has 0 bridgehead atoms. The number of hydrogen-bond acceptors (Lipinski definition) is 3. The average Bonchev–Trinajstić information content (AvgIpc) is 2.71. The number of rotatable bonds is 2. The summed E-state index contributed by atoms with van der Waals surface area (Å²) >= 11 is 0. The van der Waals surface area contributed by atoms with Crippen LogP contribution in [0.3, 0.4) is 0 Å². The Bertz CT molecular complexity index is 291. The van der Waals surface area contributed by atoms with Gasteiger partial charge in [-0.2, -0.15) is 0 Å². The number of ketones is 1. The van der Waals surface area contributed by atoms with Gasteiger partial charge in [-0.3, -0.25) is 4.79 Å². The van der Waals surface area contributed by atoms with E-state index in [4.69, 9.17) is 0 Å². The van der Waals surface area contributed by atoms with Crippen molar-refractivity contribution in [1.82, 2.24) is 9.97 Å². The van der Waals surface area contributed by atoms with Crippen molar-refractivity contribution in [2.45, 2.75) is 25.7 Å². The Morgan fingerprint density at radius 2 is 1.85 bits per heavy atom. The predicted octanol–water partition coefficient (Wildman–Crippen LogP) is 1.85. The third kappa shape index (κ3) is 1.74. The van der Waals surface area contributed by atoms with Crippen LogP contribution >= 0.6 is 0 Å². The zero-order valence-corrected chi connectivity index (χ0v) is 7.44. The summed E-state index contributed by atoms with van der Waals surface area (Å²) in [6, 6.07) is 0. The second-order valence-electron chi connectivity index (χ2n) is 3.47. The van der Waals surface area contributed by atoms with Gasteiger partial charge in [-0.1, -0.05) is 12.8 Å². The monoisotopic (exact) mass is 176 g/mol. The van der Waals surface area contributed by atoms with Gasteiger partial charge < -0.3 is 0 Å². The maximum atomic E-state index is 11.8. The van der Waals surface area contributed by atoms with Gasteiger partial charge in [-0.05, 0) is 12.8 Å². The number of hydrogen-bond donors (Lipinski definition) is 0. The number of aromatic nitrogens is 2. The van der Waals surface area contributed by atoms with Gasteiger partial charge in [0.1, 0.15) is 6.33 Å². The molecule has 0 aromatic carbocycles. The number of nitrogens with zero attached hydrogens (tertiary/aromatic N) is 2. The Morgan fingerprint density at radius 3 is 2.46 bits per heavy atom. The summed E-state index contributed by atoms with van der Waals surface area (Å²) in [5.74, 6) is 0.448. The standard InChI is InChI=1S/C10H12N2O/c13-10(8-3-1-2-4-8)9-5-11-7-12-6-9/h5-8H,1-4H2. The van der Waals surface area contributed by atoms with E-state index in [-0.39, 0.29) is 11.7 Å². The highest BCUT2D eigenvalue weighted by atomic mass is 16.1. The Balaban J connectivity index is 2.13. The third-order valence-corrected chi connectivity index (χ3v) is 2.57. The maximum absolute atomic E-state index is 11.8. The van der Waals surface area contributed by atoms with E-state index in [1.165, 1.54) is 19.2 Å². The first kappa shape index (κ1) is 8.35. The van der Waals surface area contributed by atoms with Crippen LogP contribution in [-0.2, 0) is 0 Å². The quantitative estimate of drug-likeness (QED) is 0.646. The van der Waals surface area contributed by atoms with E-state index < -0.39 is 0 Å². The summed E-state index contributed by atoms with van der Waals surface area (Å²) < 4.78 is 0. The van der Waals surface area contributed by atoms with E-state index in [1.54, 1.807) is 12.4 Å². The first-order chi connectivity index (χ1) is 6.38. The molecule has 1 saturated carbocycles. The second kappa shape index (κ2) is 3.64. The van der Waals surface area contributed by atoms with Crippen LogP contribution in [0.4, 0.5) is 0 Å². The van der Waals surface area contributed by atoms with E-state index in [9.17, 15) is 4.79 Å². The fourth-order valence-electron chi connectivity index (χ4n) is 1.85. The topological polar surface area (TPSA) is 42.9 Å². The molecule has 0 aliphatic heterocycles.